The van der Waals surface area contributed by atoms with Gasteiger partial charge < -0.3 is 0 Å². The van der Waals surface area contributed by atoms with Gasteiger partial charge in [-0.2, -0.15) is 0 Å². The average Bonchev–Trinajstić information content (AvgIpc) is 2.38. The topological polar surface area (TPSA) is 60.2 Å². The summed E-state index contributed by atoms with van der Waals surface area (Å²) in [6.45, 7) is 0. The van der Waals surface area contributed by atoms with Crippen LogP contribution in [0.25, 0.3) is 11.1 Å². The second-order valence-corrected chi connectivity index (χ2v) is 3.66. The van der Waals surface area contributed by atoms with Crippen LogP contribution in [0.2, 0.25) is 0 Å². The number of benzene rings is 2. The summed E-state index contributed by atoms with van der Waals surface area (Å²) in [6, 6.07) is 9.89. The Morgan fingerprint density at radius 3 is 2.44 bits per heavy atom. The van der Waals surface area contributed by atoms with Gasteiger partial charge in [-0.1, -0.05) is 18.2 Å². The number of halogens is 1. The summed E-state index contributed by atoms with van der Waals surface area (Å²) < 4.78 is 13.1. The van der Waals surface area contributed by atoms with Gasteiger partial charge in [0.05, 0.1) is 10.5 Å². The van der Waals surface area contributed by atoms with E-state index in [0.717, 1.165) is 0 Å². The van der Waals surface area contributed by atoms with E-state index < -0.39 is 10.7 Å². The molecule has 0 N–H and O–H groups in total. The first-order chi connectivity index (χ1) is 8.61. The van der Waals surface area contributed by atoms with Gasteiger partial charge in [-0.3, -0.25) is 14.9 Å². The van der Waals surface area contributed by atoms with Gasteiger partial charge >= 0.3 is 0 Å². The molecule has 0 amide bonds. The van der Waals surface area contributed by atoms with Crippen molar-refractivity contribution in [3.63, 3.8) is 0 Å². The van der Waals surface area contributed by atoms with Crippen LogP contribution in [0.1, 0.15) is 10.4 Å². The summed E-state index contributed by atoms with van der Waals surface area (Å²) in [5.74, 6) is -0.422. The lowest BCUT2D eigenvalue weighted by Gasteiger charge is -2.03. The van der Waals surface area contributed by atoms with Crippen molar-refractivity contribution >= 4 is 12.0 Å². The first-order valence-corrected chi connectivity index (χ1v) is 5.11. The Bertz CT molecular complexity index is 625. The first-order valence-electron chi connectivity index (χ1n) is 5.11. The maximum atomic E-state index is 13.1. The van der Waals surface area contributed by atoms with Crippen LogP contribution in [0.5, 0.6) is 0 Å². The Balaban J connectivity index is 2.56. The second-order valence-electron chi connectivity index (χ2n) is 3.66. The Morgan fingerprint density at radius 2 is 1.83 bits per heavy atom. The van der Waals surface area contributed by atoms with Gasteiger partial charge in [0, 0.05) is 6.07 Å². The summed E-state index contributed by atoms with van der Waals surface area (Å²) in [4.78, 5) is 20.8. The molecule has 0 saturated heterocycles. The van der Waals surface area contributed by atoms with Crippen LogP contribution in [0.3, 0.4) is 0 Å². The summed E-state index contributed by atoms with van der Waals surface area (Å²) in [6.07, 6.45) is 0.424. The predicted molar refractivity (Wildman–Crippen MR) is 63.9 cm³/mol. The van der Waals surface area contributed by atoms with Crippen LogP contribution in [0, 0.1) is 15.9 Å². The van der Waals surface area contributed by atoms with Gasteiger partial charge in [-0.05, 0) is 29.3 Å². The molecule has 2 aromatic carbocycles. The molecule has 0 fully saturated rings. The normalized spacial score (nSPS) is 10.1. The van der Waals surface area contributed by atoms with Gasteiger partial charge in [0.15, 0.2) is 6.29 Å². The number of aldehydes is 1. The monoisotopic (exact) mass is 245 g/mol. The highest BCUT2D eigenvalue weighted by molar-refractivity contribution is 5.83. The van der Waals surface area contributed by atoms with E-state index in [2.05, 4.69) is 0 Å². The summed E-state index contributed by atoms with van der Waals surface area (Å²) in [5.41, 5.74) is 0.731. The molecule has 5 heteroatoms. The molecule has 0 aliphatic carbocycles. The molecule has 0 aromatic heterocycles. The van der Waals surface area contributed by atoms with Gasteiger partial charge in [-0.25, -0.2) is 4.39 Å². The second kappa shape index (κ2) is 4.75. The third-order valence-corrected chi connectivity index (χ3v) is 2.51. The highest BCUT2D eigenvalue weighted by Gasteiger charge is 2.14. The zero-order valence-corrected chi connectivity index (χ0v) is 9.17. The average molecular weight is 245 g/mol. The van der Waals surface area contributed by atoms with Crippen molar-refractivity contribution in [1.29, 1.82) is 0 Å². The highest BCUT2D eigenvalue weighted by Crippen LogP contribution is 2.26. The van der Waals surface area contributed by atoms with Crippen molar-refractivity contribution in [2.24, 2.45) is 0 Å². The Morgan fingerprint density at radius 1 is 1.11 bits per heavy atom. The fourth-order valence-electron chi connectivity index (χ4n) is 1.65. The molecule has 0 aliphatic heterocycles. The minimum atomic E-state index is -0.632. The fraction of sp³-hybridized carbons (Fsp3) is 0. The molecular weight excluding hydrogens is 237 g/mol. The quantitative estimate of drug-likeness (QED) is 0.474. The molecule has 0 saturated carbocycles. The first kappa shape index (κ1) is 11.9. The number of carbonyl (C=O) groups is 1. The molecule has 0 unspecified atom stereocenters. The molecule has 0 bridgehead atoms. The zero-order chi connectivity index (χ0) is 13.1. The minimum absolute atomic E-state index is 0.000142. The maximum absolute atomic E-state index is 13.1. The molecule has 0 heterocycles. The van der Waals surface area contributed by atoms with Crippen molar-refractivity contribution in [1.82, 2.24) is 0 Å². The third-order valence-electron chi connectivity index (χ3n) is 2.51. The van der Waals surface area contributed by atoms with E-state index in [-0.39, 0.29) is 11.3 Å². The summed E-state index contributed by atoms with van der Waals surface area (Å²) in [7, 11) is 0. The number of carbonyl (C=O) groups excluding carboxylic acids is 1. The molecule has 2 aromatic rings. The standard InChI is InChI=1S/C13H8FNO3/c14-12-3-1-2-9(6-12)10-4-5-11(8-16)13(7-10)15(17)18/h1-8H. The van der Waals surface area contributed by atoms with Crippen molar-refractivity contribution in [2.45, 2.75) is 0 Å². The smallest absolute Gasteiger partial charge is 0.280 e. The van der Waals surface area contributed by atoms with Crippen molar-refractivity contribution in [3.8, 4) is 11.1 Å². The molecule has 18 heavy (non-hydrogen) atoms. The van der Waals surface area contributed by atoms with Gasteiger partial charge in [0.1, 0.15) is 5.82 Å². The van der Waals surface area contributed by atoms with Crippen molar-refractivity contribution in [2.75, 3.05) is 0 Å². The van der Waals surface area contributed by atoms with Gasteiger partial charge in [-0.15, -0.1) is 0 Å². The van der Waals surface area contributed by atoms with E-state index in [9.17, 15) is 19.3 Å². The largest absolute Gasteiger partial charge is 0.298 e. The molecule has 0 spiro atoms. The molecule has 90 valence electrons. The molecule has 0 aliphatic rings. The van der Waals surface area contributed by atoms with Crippen LogP contribution in [-0.2, 0) is 0 Å². The number of rotatable bonds is 3. The molecule has 4 nitrogen and oxygen atoms in total. The van der Waals surface area contributed by atoms with Crippen LogP contribution in [-0.4, -0.2) is 11.2 Å². The molecule has 0 radical (unpaired) electrons. The number of hydrogen-bond donors (Lipinski definition) is 0. The molecular formula is C13H8FNO3. The lowest BCUT2D eigenvalue weighted by atomic mass is 10.0. The van der Waals surface area contributed by atoms with E-state index in [1.165, 1.54) is 30.3 Å². The third kappa shape index (κ3) is 2.24. The lowest BCUT2D eigenvalue weighted by molar-refractivity contribution is -0.385. The Hall–Kier alpha value is -2.56. The lowest BCUT2D eigenvalue weighted by Crippen LogP contribution is -1.94. The van der Waals surface area contributed by atoms with Crippen LogP contribution < -0.4 is 0 Å². The van der Waals surface area contributed by atoms with Crippen molar-refractivity contribution in [3.05, 3.63) is 64.0 Å². The van der Waals surface area contributed by atoms with E-state index in [4.69, 9.17) is 0 Å². The van der Waals surface area contributed by atoms with E-state index in [1.54, 1.807) is 12.1 Å². The van der Waals surface area contributed by atoms with E-state index in [1.807, 2.05) is 0 Å². The minimum Gasteiger partial charge on any atom is -0.298 e. The van der Waals surface area contributed by atoms with Gasteiger partial charge in [0.25, 0.3) is 5.69 Å². The van der Waals surface area contributed by atoms with E-state index >= 15 is 0 Å². The zero-order valence-electron chi connectivity index (χ0n) is 9.17. The SMILES string of the molecule is O=Cc1ccc(-c2cccc(F)c2)cc1[N+](=O)[O-]. The number of nitrogens with zero attached hydrogens (tertiary/aromatic N) is 1. The molecule has 2 rings (SSSR count). The van der Waals surface area contributed by atoms with Crippen LogP contribution in [0.4, 0.5) is 10.1 Å². The summed E-state index contributed by atoms with van der Waals surface area (Å²) >= 11 is 0. The van der Waals surface area contributed by atoms with E-state index in [0.29, 0.717) is 17.4 Å². The summed E-state index contributed by atoms with van der Waals surface area (Å²) in [5, 5.41) is 10.8. The van der Waals surface area contributed by atoms with Crippen LogP contribution >= 0.6 is 0 Å². The predicted octanol–water partition coefficient (Wildman–Crippen LogP) is 3.21. The van der Waals surface area contributed by atoms with Crippen molar-refractivity contribution < 1.29 is 14.1 Å². The fourth-order valence-corrected chi connectivity index (χ4v) is 1.65. The molecule has 0 atom stereocenters. The maximum Gasteiger partial charge on any atom is 0.280 e. The Labute approximate surface area is 102 Å². The van der Waals surface area contributed by atoms with Crippen LogP contribution in [0.15, 0.2) is 42.5 Å². The van der Waals surface area contributed by atoms with Gasteiger partial charge in [0.2, 0.25) is 0 Å². The Kier molecular flexibility index (Phi) is 3.14. The number of nitro benzene ring substituents is 1. The highest BCUT2D eigenvalue weighted by atomic mass is 19.1. The number of hydrogen-bond acceptors (Lipinski definition) is 3. The number of nitro groups is 1.